The molecule has 10 heteroatoms. The van der Waals surface area contributed by atoms with E-state index in [9.17, 15) is 15.0 Å². The van der Waals surface area contributed by atoms with Gasteiger partial charge in [-0.05, 0) is 26.3 Å². The first kappa shape index (κ1) is 21.7. The first-order valence-electron chi connectivity index (χ1n) is 9.01. The number of hydrogen-bond acceptors (Lipinski definition) is 9. The van der Waals surface area contributed by atoms with E-state index in [1.54, 1.807) is 5.48 Å². The fraction of sp³-hybridized carbons (Fsp3) is 0.765. The Morgan fingerprint density at radius 2 is 2.11 bits per heavy atom. The maximum Gasteiger partial charge on any atom is 0.351 e. The van der Waals surface area contributed by atoms with Crippen LogP contribution in [-0.2, 0) is 14.2 Å². The van der Waals surface area contributed by atoms with E-state index in [-0.39, 0.29) is 12.4 Å². The highest BCUT2D eigenvalue weighted by atomic mass is 16.6. The van der Waals surface area contributed by atoms with E-state index in [4.69, 9.17) is 19.4 Å². The molecule has 0 aliphatic carbocycles. The molecule has 4 atom stereocenters. The van der Waals surface area contributed by atoms with Crippen LogP contribution in [0.4, 0.5) is 5.82 Å². The first-order valence-corrected chi connectivity index (χ1v) is 9.01. The van der Waals surface area contributed by atoms with Gasteiger partial charge in [0.1, 0.15) is 18.3 Å². The molecule has 1 aromatic rings. The lowest BCUT2D eigenvalue weighted by Crippen LogP contribution is -2.37. The van der Waals surface area contributed by atoms with Crippen LogP contribution in [0.15, 0.2) is 17.1 Å². The number of hydrogen-bond donors (Lipinski definition) is 4. The third-order valence-electron chi connectivity index (χ3n) is 4.28. The predicted molar refractivity (Wildman–Crippen MR) is 95.6 cm³/mol. The Hall–Kier alpha value is -1.56. The van der Waals surface area contributed by atoms with Crippen LogP contribution in [0, 0.1) is 0 Å². The molecule has 0 amide bonds. The van der Waals surface area contributed by atoms with Crippen LogP contribution in [0.1, 0.15) is 39.8 Å². The summed E-state index contributed by atoms with van der Waals surface area (Å²) in [6.07, 6.45) is -1.13. The zero-order chi connectivity index (χ0) is 20.0. The third-order valence-corrected chi connectivity index (χ3v) is 4.28. The Morgan fingerprint density at radius 1 is 1.37 bits per heavy atom. The quantitative estimate of drug-likeness (QED) is 0.330. The summed E-state index contributed by atoms with van der Waals surface area (Å²) in [5, 5.41) is 29.2. The lowest BCUT2D eigenvalue weighted by atomic mass is 10.1. The van der Waals surface area contributed by atoms with Gasteiger partial charge in [0.2, 0.25) is 0 Å². The molecule has 0 unspecified atom stereocenters. The minimum absolute atomic E-state index is 0.0329. The number of anilines is 1. The van der Waals surface area contributed by atoms with Crippen molar-refractivity contribution >= 4 is 5.82 Å². The van der Waals surface area contributed by atoms with Crippen molar-refractivity contribution in [2.45, 2.75) is 63.8 Å². The number of nitrogens with zero attached hydrogens (tertiary/aromatic N) is 2. The van der Waals surface area contributed by atoms with E-state index in [0.717, 1.165) is 17.4 Å². The smallest absolute Gasteiger partial charge is 0.351 e. The summed E-state index contributed by atoms with van der Waals surface area (Å²) in [7, 11) is 0. The summed E-state index contributed by atoms with van der Waals surface area (Å²) < 4.78 is 18.0. The highest BCUT2D eigenvalue weighted by molar-refractivity contribution is 5.28. The summed E-state index contributed by atoms with van der Waals surface area (Å²) in [4.78, 5) is 15.6. The van der Waals surface area contributed by atoms with Gasteiger partial charge in [-0.2, -0.15) is 4.98 Å². The van der Waals surface area contributed by atoms with Crippen molar-refractivity contribution in [2.75, 3.05) is 25.3 Å². The van der Waals surface area contributed by atoms with Crippen molar-refractivity contribution in [2.24, 2.45) is 0 Å². The van der Waals surface area contributed by atoms with Crippen molar-refractivity contribution in [1.82, 2.24) is 9.55 Å². The molecule has 0 bridgehead atoms. The second kappa shape index (κ2) is 9.58. The number of nitrogens with one attached hydrogen (secondary N) is 1. The Balaban J connectivity index is 1.92. The van der Waals surface area contributed by atoms with Crippen LogP contribution in [-0.4, -0.2) is 68.7 Å². The van der Waals surface area contributed by atoms with Gasteiger partial charge in [0.05, 0.1) is 18.8 Å². The summed E-state index contributed by atoms with van der Waals surface area (Å²) in [5.74, 6) is -0.0329. The van der Waals surface area contributed by atoms with Crippen LogP contribution in [0.2, 0.25) is 0 Å². The molecule has 2 rings (SSSR count). The fourth-order valence-corrected chi connectivity index (χ4v) is 2.72. The van der Waals surface area contributed by atoms with Gasteiger partial charge in [0, 0.05) is 12.8 Å². The summed E-state index contributed by atoms with van der Waals surface area (Å²) in [5.41, 5.74) is 0.546. The molecule has 1 saturated heterocycles. The molecule has 0 aromatic carbocycles. The standard InChI is InChI=1S/C17H29N3O7/c1-4-5-8-26-17(2,3)10-25-9-11-13(21)14(22)15(27-11)20-7-6-12(19-24)18-16(20)23/h6-7,11,13-15,21-22,24H,4-5,8-10H2,1-3H3,(H,18,19,23)/t11-,13-,14-,15-/m1/s1. The van der Waals surface area contributed by atoms with Crippen LogP contribution >= 0.6 is 0 Å². The van der Waals surface area contributed by atoms with Crippen molar-refractivity contribution in [3.05, 3.63) is 22.7 Å². The number of unbranched alkanes of at least 4 members (excludes halogenated alkanes) is 1. The van der Waals surface area contributed by atoms with Crippen molar-refractivity contribution < 1.29 is 29.6 Å². The highest BCUT2D eigenvalue weighted by Crippen LogP contribution is 2.29. The lowest BCUT2D eigenvalue weighted by molar-refractivity contribution is -0.109. The molecule has 0 saturated carbocycles. The van der Waals surface area contributed by atoms with Gasteiger partial charge in [-0.15, -0.1) is 0 Å². The highest BCUT2D eigenvalue weighted by Gasteiger charge is 2.44. The minimum atomic E-state index is -1.32. The molecule has 1 aliphatic heterocycles. The second-order valence-electron chi connectivity index (χ2n) is 7.14. The van der Waals surface area contributed by atoms with E-state index >= 15 is 0 Å². The van der Waals surface area contributed by atoms with Gasteiger partial charge < -0.3 is 24.4 Å². The summed E-state index contributed by atoms with van der Waals surface area (Å²) in [6, 6.07) is 1.34. The Morgan fingerprint density at radius 3 is 2.74 bits per heavy atom. The monoisotopic (exact) mass is 387 g/mol. The molecule has 154 valence electrons. The van der Waals surface area contributed by atoms with Crippen molar-refractivity contribution in [3.8, 4) is 0 Å². The molecule has 1 aliphatic rings. The van der Waals surface area contributed by atoms with Crippen LogP contribution in [0.5, 0.6) is 0 Å². The fourth-order valence-electron chi connectivity index (χ4n) is 2.72. The van der Waals surface area contributed by atoms with Crippen molar-refractivity contribution in [1.29, 1.82) is 0 Å². The Labute approximate surface area is 157 Å². The molecule has 0 radical (unpaired) electrons. The lowest BCUT2D eigenvalue weighted by Gasteiger charge is -2.26. The number of aliphatic hydroxyl groups is 2. The molecule has 1 fully saturated rings. The zero-order valence-electron chi connectivity index (χ0n) is 15.9. The minimum Gasteiger partial charge on any atom is -0.387 e. The normalized spacial score (nSPS) is 25.7. The first-order chi connectivity index (χ1) is 12.8. The molecular formula is C17H29N3O7. The zero-order valence-corrected chi connectivity index (χ0v) is 15.9. The van der Waals surface area contributed by atoms with E-state index < -0.39 is 35.8 Å². The number of ether oxygens (including phenoxy) is 3. The van der Waals surface area contributed by atoms with E-state index in [0.29, 0.717) is 13.2 Å². The number of aromatic nitrogens is 2. The molecule has 10 nitrogen and oxygen atoms in total. The van der Waals surface area contributed by atoms with Gasteiger partial charge in [0.25, 0.3) is 0 Å². The van der Waals surface area contributed by atoms with E-state index in [1.807, 2.05) is 13.8 Å². The van der Waals surface area contributed by atoms with Crippen LogP contribution in [0.25, 0.3) is 0 Å². The largest absolute Gasteiger partial charge is 0.387 e. The van der Waals surface area contributed by atoms with Crippen LogP contribution in [0.3, 0.4) is 0 Å². The van der Waals surface area contributed by atoms with Gasteiger partial charge in [-0.1, -0.05) is 13.3 Å². The molecule has 27 heavy (non-hydrogen) atoms. The molecule has 0 spiro atoms. The molecule has 4 N–H and O–H groups in total. The van der Waals surface area contributed by atoms with Crippen LogP contribution < -0.4 is 11.2 Å². The molecule has 2 heterocycles. The van der Waals surface area contributed by atoms with E-state index in [2.05, 4.69) is 11.9 Å². The average Bonchev–Trinajstić information content (AvgIpc) is 2.90. The Kier molecular flexibility index (Phi) is 7.71. The van der Waals surface area contributed by atoms with Gasteiger partial charge >= 0.3 is 5.69 Å². The summed E-state index contributed by atoms with van der Waals surface area (Å²) in [6.45, 7) is 6.88. The maximum atomic E-state index is 12.0. The van der Waals surface area contributed by atoms with E-state index in [1.165, 1.54) is 12.3 Å². The average molecular weight is 387 g/mol. The SMILES string of the molecule is CCCCOC(C)(C)COC[C@H]1O[C@@H](n2ccc(NO)nc2=O)[C@H](O)[C@@H]1O. The Bertz CT molecular complexity index is 652. The number of aliphatic hydroxyl groups excluding tert-OH is 2. The van der Waals surface area contributed by atoms with Crippen molar-refractivity contribution in [3.63, 3.8) is 0 Å². The second-order valence-corrected chi connectivity index (χ2v) is 7.14. The number of rotatable bonds is 10. The molecule has 1 aromatic heterocycles. The molecular weight excluding hydrogens is 358 g/mol. The predicted octanol–water partition coefficient (Wildman–Crippen LogP) is 0.276. The van der Waals surface area contributed by atoms with Gasteiger partial charge in [0.15, 0.2) is 12.0 Å². The maximum absolute atomic E-state index is 12.0. The summed E-state index contributed by atoms with van der Waals surface area (Å²) >= 11 is 0. The topological polar surface area (TPSA) is 135 Å². The van der Waals surface area contributed by atoms with Gasteiger partial charge in [-0.3, -0.25) is 15.3 Å². The van der Waals surface area contributed by atoms with Gasteiger partial charge in [-0.25, -0.2) is 4.79 Å². The third kappa shape index (κ3) is 5.71.